The van der Waals surface area contributed by atoms with Gasteiger partial charge in [0.1, 0.15) is 5.75 Å². The molecule has 14 heavy (non-hydrogen) atoms. The maximum Gasteiger partial charge on any atom is 0.115 e. The molecule has 0 saturated heterocycles. The number of phenolic OH excluding ortho intramolecular Hbond substituents is 1. The Morgan fingerprint density at radius 2 is 1.79 bits per heavy atom. The monoisotopic (exact) mass is 194 g/mol. The second kappa shape index (κ2) is 5.62. The Hall–Kier alpha value is -1.06. The topological polar surface area (TPSA) is 72.3 Å². The molecular formula is C11H18N2O. The van der Waals surface area contributed by atoms with E-state index in [-0.39, 0.29) is 11.8 Å². The Morgan fingerprint density at radius 3 is 2.36 bits per heavy atom. The van der Waals surface area contributed by atoms with E-state index in [2.05, 4.69) is 0 Å². The zero-order valence-electron chi connectivity index (χ0n) is 8.32. The number of benzene rings is 1. The van der Waals surface area contributed by atoms with E-state index in [0.717, 1.165) is 31.4 Å². The minimum absolute atomic E-state index is 0.0575. The molecule has 0 amide bonds. The zero-order valence-corrected chi connectivity index (χ0v) is 8.32. The fourth-order valence-corrected chi connectivity index (χ4v) is 1.40. The molecule has 0 heterocycles. The Balaban J connectivity index is 2.43. The van der Waals surface area contributed by atoms with Gasteiger partial charge in [0.2, 0.25) is 0 Å². The molecule has 78 valence electrons. The summed E-state index contributed by atoms with van der Waals surface area (Å²) in [4.78, 5) is 0. The summed E-state index contributed by atoms with van der Waals surface area (Å²) in [5.41, 5.74) is 12.4. The molecule has 0 saturated carbocycles. The minimum Gasteiger partial charge on any atom is -0.508 e. The Bertz CT molecular complexity index is 258. The first kappa shape index (κ1) is 11.0. The summed E-state index contributed by atoms with van der Waals surface area (Å²) in [6.07, 6.45) is 3.02. The maximum absolute atomic E-state index is 9.10. The number of nitrogens with two attached hydrogens (primary N) is 2. The highest BCUT2D eigenvalue weighted by Gasteiger charge is 2.04. The Labute approximate surface area is 84.7 Å². The molecule has 0 radical (unpaired) electrons. The van der Waals surface area contributed by atoms with Crippen molar-refractivity contribution in [2.75, 3.05) is 6.54 Å². The van der Waals surface area contributed by atoms with Crippen LogP contribution in [-0.2, 0) is 0 Å². The first-order valence-electron chi connectivity index (χ1n) is 4.98. The van der Waals surface area contributed by atoms with Gasteiger partial charge in [-0.05, 0) is 37.1 Å². The van der Waals surface area contributed by atoms with E-state index < -0.39 is 0 Å². The van der Waals surface area contributed by atoms with Crippen LogP contribution in [0.1, 0.15) is 30.9 Å². The average Bonchev–Trinajstić information content (AvgIpc) is 2.19. The van der Waals surface area contributed by atoms with Crippen LogP contribution in [0.3, 0.4) is 0 Å². The molecule has 1 aromatic carbocycles. The summed E-state index contributed by atoms with van der Waals surface area (Å²) in [6.45, 7) is 0.725. The predicted octanol–water partition coefficient (Wildman–Crippen LogP) is 1.52. The van der Waals surface area contributed by atoms with Gasteiger partial charge in [-0.15, -0.1) is 0 Å². The summed E-state index contributed by atoms with van der Waals surface area (Å²) >= 11 is 0. The lowest BCUT2D eigenvalue weighted by Gasteiger charge is -2.11. The number of aromatic hydroxyl groups is 1. The minimum atomic E-state index is 0.0575. The van der Waals surface area contributed by atoms with E-state index >= 15 is 0 Å². The van der Waals surface area contributed by atoms with Crippen LogP contribution < -0.4 is 11.5 Å². The predicted molar refractivity (Wildman–Crippen MR) is 57.9 cm³/mol. The summed E-state index contributed by atoms with van der Waals surface area (Å²) in [7, 11) is 0. The van der Waals surface area contributed by atoms with Gasteiger partial charge in [0, 0.05) is 6.04 Å². The summed E-state index contributed by atoms with van der Waals surface area (Å²) in [6, 6.07) is 7.11. The van der Waals surface area contributed by atoms with Crippen molar-refractivity contribution in [2.24, 2.45) is 11.5 Å². The maximum atomic E-state index is 9.10. The number of phenols is 1. The lowest BCUT2D eigenvalue weighted by Crippen LogP contribution is -2.10. The first-order valence-corrected chi connectivity index (χ1v) is 4.98. The molecule has 0 spiro atoms. The molecule has 0 fully saturated rings. The second-order valence-corrected chi connectivity index (χ2v) is 3.48. The highest BCUT2D eigenvalue weighted by molar-refractivity contribution is 5.27. The normalized spacial score (nSPS) is 12.7. The van der Waals surface area contributed by atoms with Crippen LogP contribution in [0.15, 0.2) is 24.3 Å². The summed E-state index contributed by atoms with van der Waals surface area (Å²) in [5.74, 6) is 0.280. The van der Waals surface area contributed by atoms with Crippen molar-refractivity contribution in [1.29, 1.82) is 0 Å². The quantitative estimate of drug-likeness (QED) is 0.622. The SMILES string of the molecule is NCCCC[C@H](N)c1ccc(O)cc1. The van der Waals surface area contributed by atoms with Gasteiger partial charge in [-0.1, -0.05) is 18.6 Å². The van der Waals surface area contributed by atoms with Gasteiger partial charge < -0.3 is 16.6 Å². The number of unbranched alkanes of at least 4 members (excludes halogenated alkanes) is 1. The first-order chi connectivity index (χ1) is 6.74. The molecule has 1 aromatic rings. The van der Waals surface area contributed by atoms with E-state index in [1.54, 1.807) is 12.1 Å². The number of rotatable bonds is 5. The number of hydrogen-bond donors (Lipinski definition) is 3. The van der Waals surface area contributed by atoms with Gasteiger partial charge in [-0.3, -0.25) is 0 Å². The van der Waals surface area contributed by atoms with E-state index in [1.165, 1.54) is 0 Å². The van der Waals surface area contributed by atoms with Crippen molar-refractivity contribution in [3.63, 3.8) is 0 Å². The van der Waals surface area contributed by atoms with Crippen LogP contribution >= 0.6 is 0 Å². The average molecular weight is 194 g/mol. The molecule has 0 bridgehead atoms. The van der Waals surface area contributed by atoms with Crippen LogP contribution in [0, 0.1) is 0 Å². The molecule has 0 aliphatic rings. The highest BCUT2D eigenvalue weighted by Crippen LogP contribution is 2.18. The summed E-state index contributed by atoms with van der Waals surface area (Å²) in [5, 5.41) is 9.10. The van der Waals surface area contributed by atoms with Crippen molar-refractivity contribution in [1.82, 2.24) is 0 Å². The third kappa shape index (κ3) is 3.36. The fourth-order valence-electron chi connectivity index (χ4n) is 1.40. The van der Waals surface area contributed by atoms with Crippen molar-refractivity contribution < 1.29 is 5.11 Å². The van der Waals surface area contributed by atoms with Crippen molar-refractivity contribution >= 4 is 0 Å². The number of hydrogen-bond acceptors (Lipinski definition) is 3. The van der Waals surface area contributed by atoms with Crippen LogP contribution in [0.5, 0.6) is 5.75 Å². The molecule has 1 atom stereocenters. The van der Waals surface area contributed by atoms with Crippen molar-refractivity contribution in [2.45, 2.75) is 25.3 Å². The largest absolute Gasteiger partial charge is 0.508 e. The molecule has 3 nitrogen and oxygen atoms in total. The van der Waals surface area contributed by atoms with Gasteiger partial charge in [0.15, 0.2) is 0 Å². The molecular weight excluding hydrogens is 176 g/mol. The molecule has 0 aliphatic heterocycles. The molecule has 0 unspecified atom stereocenters. The highest BCUT2D eigenvalue weighted by atomic mass is 16.3. The standard InChI is InChI=1S/C11H18N2O/c12-8-2-1-3-11(13)9-4-6-10(14)7-5-9/h4-7,11,14H,1-3,8,12-13H2/t11-/m0/s1. The smallest absolute Gasteiger partial charge is 0.115 e. The lowest BCUT2D eigenvalue weighted by atomic mass is 10.0. The van der Waals surface area contributed by atoms with Crippen LogP contribution in [0.4, 0.5) is 0 Å². The van der Waals surface area contributed by atoms with E-state index in [0.29, 0.717) is 0 Å². The van der Waals surface area contributed by atoms with Crippen molar-refractivity contribution in [3.05, 3.63) is 29.8 Å². The molecule has 5 N–H and O–H groups in total. The third-order valence-corrected chi connectivity index (χ3v) is 2.29. The van der Waals surface area contributed by atoms with Gasteiger partial charge in [0.25, 0.3) is 0 Å². The van der Waals surface area contributed by atoms with Crippen molar-refractivity contribution in [3.8, 4) is 5.75 Å². The molecule has 0 aliphatic carbocycles. The fraction of sp³-hybridized carbons (Fsp3) is 0.455. The third-order valence-electron chi connectivity index (χ3n) is 2.29. The Kier molecular flexibility index (Phi) is 4.43. The summed E-state index contributed by atoms with van der Waals surface area (Å²) < 4.78 is 0. The van der Waals surface area contributed by atoms with Gasteiger partial charge in [0.05, 0.1) is 0 Å². The van der Waals surface area contributed by atoms with Gasteiger partial charge >= 0.3 is 0 Å². The lowest BCUT2D eigenvalue weighted by molar-refractivity contribution is 0.474. The molecule has 0 aromatic heterocycles. The molecule has 1 rings (SSSR count). The van der Waals surface area contributed by atoms with E-state index in [9.17, 15) is 0 Å². The van der Waals surface area contributed by atoms with Crippen LogP contribution in [-0.4, -0.2) is 11.7 Å². The van der Waals surface area contributed by atoms with E-state index in [1.807, 2.05) is 12.1 Å². The van der Waals surface area contributed by atoms with E-state index in [4.69, 9.17) is 16.6 Å². The van der Waals surface area contributed by atoms with Crippen LogP contribution in [0.2, 0.25) is 0 Å². The van der Waals surface area contributed by atoms with Gasteiger partial charge in [-0.25, -0.2) is 0 Å². The second-order valence-electron chi connectivity index (χ2n) is 3.48. The molecule has 3 heteroatoms. The zero-order chi connectivity index (χ0) is 10.4. The Morgan fingerprint density at radius 1 is 1.14 bits per heavy atom. The van der Waals surface area contributed by atoms with Crippen LogP contribution in [0.25, 0.3) is 0 Å². The van der Waals surface area contributed by atoms with Gasteiger partial charge in [-0.2, -0.15) is 0 Å².